The first-order valence-corrected chi connectivity index (χ1v) is 11.5. The van der Waals surface area contributed by atoms with Crippen LogP contribution in [0.3, 0.4) is 0 Å². The van der Waals surface area contributed by atoms with Crippen LogP contribution in [-0.4, -0.2) is 29.7 Å². The van der Waals surface area contributed by atoms with Crippen LogP contribution in [0.1, 0.15) is 19.5 Å². The van der Waals surface area contributed by atoms with Crippen molar-refractivity contribution in [3.8, 4) is 34.1 Å². The summed E-state index contributed by atoms with van der Waals surface area (Å²) in [5.41, 5.74) is 5.87. The topological polar surface area (TPSA) is 52.9 Å². The van der Waals surface area contributed by atoms with E-state index in [2.05, 4.69) is 60.2 Å². The molecule has 0 aliphatic carbocycles. The van der Waals surface area contributed by atoms with E-state index in [1.54, 1.807) is 0 Å². The summed E-state index contributed by atoms with van der Waals surface area (Å²) >= 11 is 0. The summed E-state index contributed by atoms with van der Waals surface area (Å²) in [4.78, 5) is 9.26. The van der Waals surface area contributed by atoms with E-state index in [1.807, 2.05) is 42.6 Å². The molecule has 0 atom stereocenters. The molecule has 34 heavy (non-hydrogen) atoms. The van der Waals surface area contributed by atoms with Gasteiger partial charge < -0.3 is 14.2 Å². The van der Waals surface area contributed by atoms with Crippen molar-refractivity contribution in [2.45, 2.75) is 19.4 Å². The van der Waals surface area contributed by atoms with Crippen molar-refractivity contribution in [1.82, 2.24) is 4.98 Å². The quantitative estimate of drug-likeness (QED) is 0.379. The predicted octanol–water partition coefficient (Wildman–Crippen LogP) is 4.03. The molecule has 0 saturated carbocycles. The fourth-order valence-corrected chi connectivity index (χ4v) is 4.97. The van der Waals surface area contributed by atoms with Crippen molar-refractivity contribution < 1.29 is 14.2 Å². The van der Waals surface area contributed by atoms with E-state index in [1.165, 1.54) is 0 Å². The molecular formula is C28H21BN2O3. The van der Waals surface area contributed by atoms with Crippen molar-refractivity contribution in [2.24, 2.45) is 4.99 Å². The standard InChI is InChI=1S/C28H21BN2O3/c1-28(2)16-32-27(31-28)21-12-11-17(15-30-21)18-13-24-26-25(14-18)34-23-10-6-4-8-20(23)29(26)19-7-3-5-9-22(19)33-24/h3-15H,16H2,1-2H3. The third-order valence-corrected chi connectivity index (χ3v) is 6.57. The van der Waals surface area contributed by atoms with E-state index >= 15 is 0 Å². The van der Waals surface area contributed by atoms with E-state index in [0.717, 1.165) is 56.2 Å². The van der Waals surface area contributed by atoms with Gasteiger partial charge in [-0.1, -0.05) is 42.5 Å². The van der Waals surface area contributed by atoms with Gasteiger partial charge in [0.1, 0.15) is 35.3 Å². The van der Waals surface area contributed by atoms with Crippen molar-refractivity contribution >= 4 is 29.0 Å². The number of pyridine rings is 1. The van der Waals surface area contributed by atoms with Crippen LogP contribution in [0.15, 0.2) is 84.0 Å². The number of fused-ring (bicyclic) bond motifs is 4. The minimum atomic E-state index is -0.214. The second-order valence-electron chi connectivity index (χ2n) is 9.55. The zero-order chi connectivity index (χ0) is 22.9. The Labute approximate surface area is 198 Å². The fraction of sp³-hybridized carbons (Fsp3) is 0.143. The van der Waals surface area contributed by atoms with Crippen molar-refractivity contribution in [2.75, 3.05) is 6.61 Å². The molecule has 164 valence electrons. The van der Waals surface area contributed by atoms with Crippen LogP contribution in [0.4, 0.5) is 0 Å². The van der Waals surface area contributed by atoms with E-state index < -0.39 is 0 Å². The first kappa shape index (κ1) is 19.4. The molecule has 0 spiro atoms. The lowest BCUT2D eigenvalue weighted by molar-refractivity contribution is 0.279. The molecule has 3 aliphatic heterocycles. The Morgan fingerprint density at radius 1 is 0.765 bits per heavy atom. The molecule has 0 fully saturated rings. The molecule has 0 N–H and O–H groups in total. The van der Waals surface area contributed by atoms with Crippen molar-refractivity contribution in [3.63, 3.8) is 0 Å². The Bertz CT molecular complexity index is 1420. The fourth-order valence-electron chi connectivity index (χ4n) is 4.97. The minimum absolute atomic E-state index is 0.0790. The summed E-state index contributed by atoms with van der Waals surface area (Å²) < 4.78 is 18.5. The molecule has 0 bridgehead atoms. The third kappa shape index (κ3) is 2.95. The van der Waals surface area contributed by atoms with Crippen molar-refractivity contribution in [3.05, 3.63) is 84.7 Å². The highest BCUT2D eigenvalue weighted by atomic mass is 16.5. The van der Waals surface area contributed by atoms with E-state index in [-0.39, 0.29) is 12.3 Å². The summed E-state index contributed by atoms with van der Waals surface area (Å²) in [6.45, 7) is 4.75. The van der Waals surface area contributed by atoms with Gasteiger partial charge in [0.25, 0.3) is 6.71 Å². The van der Waals surface area contributed by atoms with Crippen LogP contribution in [0, 0.1) is 0 Å². The normalized spacial score (nSPS) is 16.3. The Kier molecular flexibility index (Phi) is 3.98. The Morgan fingerprint density at radius 3 is 1.97 bits per heavy atom. The Hall–Kier alpha value is -4.06. The molecule has 0 saturated heterocycles. The molecule has 1 aromatic heterocycles. The van der Waals surface area contributed by atoms with Crippen LogP contribution in [0.25, 0.3) is 11.1 Å². The number of aliphatic imine (C=N–C) groups is 1. The van der Waals surface area contributed by atoms with E-state index in [9.17, 15) is 0 Å². The average Bonchev–Trinajstić information content (AvgIpc) is 3.23. The zero-order valence-electron chi connectivity index (χ0n) is 18.9. The monoisotopic (exact) mass is 444 g/mol. The predicted molar refractivity (Wildman–Crippen MR) is 134 cm³/mol. The van der Waals surface area contributed by atoms with Gasteiger partial charge in [-0.3, -0.25) is 4.98 Å². The zero-order valence-corrected chi connectivity index (χ0v) is 18.9. The minimum Gasteiger partial charge on any atom is -0.474 e. The van der Waals surface area contributed by atoms with Gasteiger partial charge in [0.15, 0.2) is 0 Å². The van der Waals surface area contributed by atoms with Gasteiger partial charge >= 0.3 is 0 Å². The number of rotatable bonds is 2. The highest BCUT2D eigenvalue weighted by Gasteiger charge is 2.40. The molecule has 4 aromatic rings. The highest BCUT2D eigenvalue weighted by molar-refractivity contribution is 6.98. The molecule has 3 aliphatic rings. The first-order valence-electron chi connectivity index (χ1n) is 11.5. The Balaban J connectivity index is 1.34. The number of para-hydroxylation sites is 2. The van der Waals surface area contributed by atoms with Crippen molar-refractivity contribution in [1.29, 1.82) is 0 Å². The molecular weight excluding hydrogens is 423 g/mol. The SMILES string of the molecule is CC1(C)COC(c2ccc(-c3cc4c5c(c3)Oc3ccccc3B5c3ccccc3O4)cn2)=N1. The molecule has 6 heteroatoms. The summed E-state index contributed by atoms with van der Waals surface area (Å²) in [6, 6.07) is 24.7. The van der Waals surface area contributed by atoms with Crippen LogP contribution < -0.4 is 25.9 Å². The maximum absolute atomic E-state index is 6.39. The molecule has 7 rings (SSSR count). The average molecular weight is 444 g/mol. The van der Waals surface area contributed by atoms with Crippen LogP contribution >= 0.6 is 0 Å². The molecule has 0 radical (unpaired) electrons. The van der Waals surface area contributed by atoms with Gasteiger partial charge in [-0.25, -0.2) is 4.99 Å². The van der Waals surface area contributed by atoms with E-state index in [0.29, 0.717) is 12.5 Å². The maximum Gasteiger partial charge on any atom is 0.260 e. The molecule has 5 nitrogen and oxygen atoms in total. The van der Waals surface area contributed by atoms with Gasteiger partial charge in [-0.2, -0.15) is 0 Å². The summed E-state index contributed by atoms with van der Waals surface area (Å²) in [5, 5.41) is 0. The van der Waals surface area contributed by atoms with E-state index in [4.69, 9.17) is 14.2 Å². The van der Waals surface area contributed by atoms with Crippen LogP contribution in [-0.2, 0) is 4.74 Å². The van der Waals surface area contributed by atoms with Gasteiger partial charge in [0.05, 0.1) is 5.54 Å². The smallest absolute Gasteiger partial charge is 0.260 e. The van der Waals surface area contributed by atoms with Gasteiger partial charge in [0, 0.05) is 17.2 Å². The largest absolute Gasteiger partial charge is 0.474 e. The molecule has 0 unspecified atom stereocenters. The first-order chi connectivity index (χ1) is 16.6. The third-order valence-electron chi connectivity index (χ3n) is 6.57. The van der Waals surface area contributed by atoms with Gasteiger partial charge in [0.2, 0.25) is 5.90 Å². The highest BCUT2D eigenvalue weighted by Crippen LogP contribution is 2.38. The Morgan fingerprint density at radius 2 is 1.41 bits per heavy atom. The van der Waals surface area contributed by atoms with Crippen LogP contribution in [0.2, 0.25) is 0 Å². The van der Waals surface area contributed by atoms with Crippen LogP contribution in [0.5, 0.6) is 23.0 Å². The lowest BCUT2D eigenvalue weighted by Gasteiger charge is -2.33. The number of nitrogens with zero attached hydrogens (tertiary/aromatic N) is 2. The molecule has 0 amide bonds. The molecule has 4 heterocycles. The van der Waals surface area contributed by atoms with Gasteiger partial charge in [-0.15, -0.1) is 0 Å². The summed E-state index contributed by atoms with van der Waals surface area (Å²) in [7, 11) is 0. The molecule has 3 aromatic carbocycles. The second kappa shape index (κ2) is 6.97. The second-order valence-corrected chi connectivity index (χ2v) is 9.55. The van der Waals surface area contributed by atoms with Gasteiger partial charge in [-0.05, 0) is 60.7 Å². The summed E-state index contributed by atoms with van der Waals surface area (Å²) in [5.74, 6) is 4.00. The number of hydrogen-bond acceptors (Lipinski definition) is 5. The lowest BCUT2D eigenvalue weighted by Crippen LogP contribution is -2.57. The number of ether oxygens (including phenoxy) is 3. The number of aromatic nitrogens is 1. The number of benzene rings is 3. The summed E-state index contributed by atoms with van der Waals surface area (Å²) in [6.07, 6.45) is 1.85. The lowest BCUT2D eigenvalue weighted by atomic mass is 9.35. The number of hydrogen-bond donors (Lipinski definition) is 0. The maximum atomic E-state index is 6.39.